The third-order valence-corrected chi connectivity index (χ3v) is 7.49. The molecule has 1 heterocycles. The van der Waals surface area contributed by atoms with Crippen LogP contribution in [0.4, 0.5) is 0 Å². The number of rotatable bonds is 6. The van der Waals surface area contributed by atoms with Gasteiger partial charge in [-0.15, -0.1) is 0 Å². The molecule has 5 aromatic carbocycles. The number of ether oxygens (including phenoxy) is 3. The number of benzene rings is 5. The molecular weight excluding hydrogens is 548 g/mol. The maximum Gasteiger partial charge on any atom is 0.266 e. The maximum absolute atomic E-state index is 13.9. The molecule has 0 aliphatic rings. The molecule has 6 aromatic rings. The van der Waals surface area contributed by atoms with Gasteiger partial charge in [-0.2, -0.15) is 0 Å². The third kappa shape index (κ3) is 5.64. The normalized spacial score (nSPS) is 11.0. The monoisotopic (exact) mass is 578 g/mol. The van der Waals surface area contributed by atoms with Crippen molar-refractivity contribution in [2.75, 3.05) is 21.3 Å². The highest BCUT2D eigenvalue weighted by atomic mass is 16.5. The van der Waals surface area contributed by atoms with E-state index in [0.717, 1.165) is 44.5 Å². The van der Waals surface area contributed by atoms with Crippen LogP contribution in [0.5, 0.6) is 17.2 Å². The van der Waals surface area contributed by atoms with Gasteiger partial charge in [0.25, 0.3) is 5.56 Å². The quantitative estimate of drug-likeness (QED) is 0.192. The van der Waals surface area contributed by atoms with Crippen LogP contribution in [-0.2, 0) is 0 Å². The van der Waals surface area contributed by atoms with Crippen LogP contribution in [0.3, 0.4) is 0 Å². The second kappa shape index (κ2) is 12.2. The van der Waals surface area contributed by atoms with Gasteiger partial charge in [-0.1, -0.05) is 36.1 Å². The van der Waals surface area contributed by atoms with Crippen LogP contribution in [0.2, 0.25) is 0 Å². The molecule has 0 aliphatic heterocycles. The number of hydrogen-bond donors (Lipinski definition) is 0. The predicted octanol–water partition coefficient (Wildman–Crippen LogP) is 7.44. The molecule has 0 atom stereocenters. The predicted molar refractivity (Wildman–Crippen MR) is 177 cm³/mol. The summed E-state index contributed by atoms with van der Waals surface area (Å²) in [6, 6.07) is 30.9. The van der Waals surface area contributed by atoms with Crippen molar-refractivity contribution in [2.45, 2.75) is 6.92 Å². The first-order chi connectivity index (χ1) is 21.5. The van der Waals surface area contributed by atoms with E-state index < -0.39 is 0 Å². The fourth-order valence-corrected chi connectivity index (χ4v) is 5.17. The zero-order valence-electron chi connectivity index (χ0n) is 24.9. The van der Waals surface area contributed by atoms with E-state index in [9.17, 15) is 4.79 Å². The molecule has 6 rings (SSSR count). The molecule has 0 fully saturated rings. The van der Waals surface area contributed by atoms with E-state index in [-0.39, 0.29) is 5.56 Å². The van der Waals surface area contributed by atoms with Crippen LogP contribution in [0.15, 0.2) is 102 Å². The molecule has 0 spiro atoms. The highest BCUT2D eigenvalue weighted by Gasteiger charge is 2.13. The lowest BCUT2D eigenvalue weighted by Crippen LogP contribution is -2.23. The number of hydrogen-bond acceptors (Lipinski definition) is 5. The van der Waals surface area contributed by atoms with Gasteiger partial charge in [0.15, 0.2) is 0 Å². The van der Waals surface area contributed by atoms with Gasteiger partial charge in [-0.05, 0) is 102 Å². The van der Waals surface area contributed by atoms with Crippen LogP contribution in [-0.4, -0.2) is 30.9 Å². The summed E-state index contributed by atoms with van der Waals surface area (Å²) in [4.78, 5) is 18.7. The number of nitrogens with zero attached hydrogens (tertiary/aromatic N) is 2. The number of aromatic nitrogens is 2. The molecule has 0 saturated carbocycles. The molecule has 0 saturated heterocycles. The number of fused-ring (bicyclic) bond motifs is 2. The van der Waals surface area contributed by atoms with Crippen molar-refractivity contribution in [3.63, 3.8) is 0 Å². The van der Waals surface area contributed by atoms with Crippen LogP contribution in [0, 0.1) is 18.8 Å². The Hall–Kier alpha value is -5.80. The van der Waals surface area contributed by atoms with Crippen molar-refractivity contribution in [1.29, 1.82) is 0 Å². The minimum atomic E-state index is -0.147. The van der Waals surface area contributed by atoms with Crippen molar-refractivity contribution in [3.8, 4) is 34.8 Å². The Bertz CT molecular complexity index is 2180. The molecule has 0 radical (unpaired) electrons. The Labute approximate surface area is 255 Å². The van der Waals surface area contributed by atoms with Crippen LogP contribution in [0.1, 0.15) is 28.1 Å². The minimum absolute atomic E-state index is 0.147. The summed E-state index contributed by atoms with van der Waals surface area (Å²) in [5.74, 6) is 9.23. The van der Waals surface area contributed by atoms with E-state index >= 15 is 0 Å². The fourth-order valence-electron chi connectivity index (χ4n) is 5.17. The molecule has 216 valence electrons. The molecule has 44 heavy (non-hydrogen) atoms. The summed E-state index contributed by atoms with van der Waals surface area (Å²) in [6.45, 7) is 1.98. The van der Waals surface area contributed by atoms with E-state index in [1.807, 2.05) is 104 Å². The summed E-state index contributed by atoms with van der Waals surface area (Å²) >= 11 is 0. The van der Waals surface area contributed by atoms with Gasteiger partial charge in [0, 0.05) is 22.8 Å². The smallest absolute Gasteiger partial charge is 0.266 e. The standard InChI is InChI=1S/C38H30N2O4/c1-25-21-26(9-10-27-11-13-30-23-31(42-2)18-15-29(30)22-27)12-19-35(25)40-37(39-34-8-6-5-7-33(34)38(40)41)20-16-28-14-17-32(43-3)24-36(28)44-4/h5-8,11-24H,1-4H3. The largest absolute Gasteiger partial charge is 0.497 e. The van der Waals surface area contributed by atoms with Gasteiger partial charge in [-0.3, -0.25) is 9.36 Å². The number of para-hydroxylation sites is 1. The molecule has 6 heteroatoms. The zero-order valence-corrected chi connectivity index (χ0v) is 24.9. The Kier molecular flexibility index (Phi) is 7.86. The highest BCUT2D eigenvalue weighted by molar-refractivity contribution is 5.85. The van der Waals surface area contributed by atoms with Crippen molar-refractivity contribution >= 4 is 33.8 Å². The molecule has 6 nitrogen and oxygen atoms in total. The van der Waals surface area contributed by atoms with Crippen molar-refractivity contribution in [1.82, 2.24) is 9.55 Å². The number of methoxy groups -OCH3 is 3. The second-order valence-corrected chi connectivity index (χ2v) is 10.2. The lowest BCUT2D eigenvalue weighted by atomic mass is 10.1. The van der Waals surface area contributed by atoms with Crippen LogP contribution >= 0.6 is 0 Å². The fraction of sp³-hybridized carbons (Fsp3) is 0.105. The lowest BCUT2D eigenvalue weighted by molar-refractivity contribution is 0.394. The Balaban J connectivity index is 1.39. The van der Waals surface area contributed by atoms with Gasteiger partial charge in [0.05, 0.1) is 37.9 Å². The Morgan fingerprint density at radius 1 is 0.705 bits per heavy atom. The SMILES string of the molecule is COc1ccc(C=Cc2nc3ccccc3c(=O)n2-c2ccc(C#Cc3ccc4cc(OC)ccc4c3)cc2C)c(OC)c1. The minimum Gasteiger partial charge on any atom is -0.497 e. The molecule has 0 unspecified atom stereocenters. The zero-order chi connectivity index (χ0) is 30.6. The molecule has 0 N–H and O–H groups in total. The van der Waals surface area contributed by atoms with Crippen molar-refractivity contribution in [2.24, 2.45) is 0 Å². The summed E-state index contributed by atoms with van der Waals surface area (Å²) in [7, 11) is 4.89. The van der Waals surface area contributed by atoms with Crippen LogP contribution < -0.4 is 19.8 Å². The average molecular weight is 579 g/mol. The van der Waals surface area contributed by atoms with E-state index in [1.54, 1.807) is 32.0 Å². The van der Waals surface area contributed by atoms with E-state index in [1.165, 1.54) is 0 Å². The van der Waals surface area contributed by atoms with Gasteiger partial charge in [-0.25, -0.2) is 4.98 Å². The van der Waals surface area contributed by atoms with Gasteiger partial charge in [0.1, 0.15) is 23.1 Å². The third-order valence-electron chi connectivity index (χ3n) is 7.49. The topological polar surface area (TPSA) is 62.6 Å². The summed E-state index contributed by atoms with van der Waals surface area (Å²) < 4.78 is 17.9. The Morgan fingerprint density at radius 2 is 1.39 bits per heavy atom. The summed E-state index contributed by atoms with van der Waals surface area (Å²) in [5, 5.41) is 2.74. The van der Waals surface area contributed by atoms with E-state index in [4.69, 9.17) is 19.2 Å². The van der Waals surface area contributed by atoms with Gasteiger partial charge in [0.2, 0.25) is 0 Å². The Morgan fingerprint density at radius 3 is 2.16 bits per heavy atom. The molecule has 0 bridgehead atoms. The first kappa shape index (κ1) is 28.3. The molecule has 0 amide bonds. The summed E-state index contributed by atoms with van der Waals surface area (Å²) in [6.07, 6.45) is 3.72. The van der Waals surface area contributed by atoms with E-state index in [2.05, 4.69) is 17.9 Å². The average Bonchev–Trinajstić information content (AvgIpc) is 3.06. The van der Waals surface area contributed by atoms with Crippen molar-refractivity contribution in [3.05, 3.63) is 135 Å². The molecule has 0 aliphatic carbocycles. The van der Waals surface area contributed by atoms with Gasteiger partial charge < -0.3 is 14.2 Å². The first-order valence-corrected chi connectivity index (χ1v) is 14.1. The maximum atomic E-state index is 13.9. The summed E-state index contributed by atoms with van der Waals surface area (Å²) in [5.41, 5.74) is 4.72. The molecular formula is C38H30N2O4. The van der Waals surface area contributed by atoms with Crippen molar-refractivity contribution < 1.29 is 14.2 Å². The first-order valence-electron chi connectivity index (χ1n) is 14.1. The highest BCUT2D eigenvalue weighted by Crippen LogP contribution is 2.27. The second-order valence-electron chi connectivity index (χ2n) is 10.2. The lowest BCUT2D eigenvalue weighted by Gasteiger charge is -2.14. The van der Waals surface area contributed by atoms with E-state index in [0.29, 0.717) is 28.2 Å². The molecule has 1 aromatic heterocycles. The number of aryl methyl sites for hydroxylation is 1. The van der Waals surface area contributed by atoms with Crippen LogP contribution in [0.25, 0.3) is 39.5 Å². The van der Waals surface area contributed by atoms with Gasteiger partial charge >= 0.3 is 0 Å².